The molecule has 0 spiro atoms. The number of hydrogen-bond donors (Lipinski definition) is 1. The van der Waals surface area contributed by atoms with Crippen LogP contribution in [-0.2, 0) is 0 Å². The zero-order chi connectivity index (χ0) is 12.7. The standard InChI is InChI=1S/C16H29N/c1-5-6-7-10-13-17-15-12-9-8-11-14(15)16(2,3)4/h1,14-15,17H,6-13H2,2-4H3. The third-order valence-corrected chi connectivity index (χ3v) is 4.03. The first kappa shape index (κ1) is 14.6. The van der Waals surface area contributed by atoms with Gasteiger partial charge >= 0.3 is 0 Å². The highest BCUT2D eigenvalue weighted by Crippen LogP contribution is 2.37. The van der Waals surface area contributed by atoms with E-state index >= 15 is 0 Å². The lowest BCUT2D eigenvalue weighted by molar-refractivity contribution is 0.131. The van der Waals surface area contributed by atoms with Crippen molar-refractivity contribution >= 4 is 0 Å². The van der Waals surface area contributed by atoms with Crippen LogP contribution in [-0.4, -0.2) is 12.6 Å². The average Bonchev–Trinajstić information content (AvgIpc) is 2.28. The summed E-state index contributed by atoms with van der Waals surface area (Å²) in [7, 11) is 0. The summed E-state index contributed by atoms with van der Waals surface area (Å²) in [6.07, 6.45) is 14.1. The molecule has 17 heavy (non-hydrogen) atoms. The molecule has 1 aliphatic rings. The molecule has 0 radical (unpaired) electrons. The van der Waals surface area contributed by atoms with Crippen LogP contribution >= 0.6 is 0 Å². The predicted octanol–water partition coefficient (Wildman–Crippen LogP) is 3.98. The fourth-order valence-electron chi connectivity index (χ4n) is 3.05. The fourth-order valence-corrected chi connectivity index (χ4v) is 3.05. The highest BCUT2D eigenvalue weighted by molar-refractivity contribution is 4.88. The van der Waals surface area contributed by atoms with E-state index in [9.17, 15) is 0 Å². The van der Waals surface area contributed by atoms with Crippen LogP contribution in [0.25, 0.3) is 0 Å². The van der Waals surface area contributed by atoms with E-state index in [0.717, 1.165) is 31.3 Å². The smallest absolute Gasteiger partial charge is 0.0100 e. The van der Waals surface area contributed by atoms with E-state index in [2.05, 4.69) is 32.0 Å². The monoisotopic (exact) mass is 235 g/mol. The molecule has 0 amide bonds. The maximum Gasteiger partial charge on any atom is 0.0100 e. The molecule has 1 fully saturated rings. The minimum Gasteiger partial charge on any atom is -0.314 e. The van der Waals surface area contributed by atoms with Crippen LogP contribution in [0.4, 0.5) is 0 Å². The SMILES string of the molecule is C#CCCCCNC1CCCCC1C(C)(C)C. The molecule has 2 atom stereocenters. The summed E-state index contributed by atoms with van der Waals surface area (Å²) in [5, 5.41) is 3.77. The molecule has 0 saturated heterocycles. The Morgan fingerprint density at radius 1 is 1.18 bits per heavy atom. The molecule has 0 aromatic heterocycles. The van der Waals surface area contributed by atoms with Crippen LogP contribution in [0.2, 0.25) is 0 Å². The van der Waals surface area contributed by atoms with Gasteiger partial charge in [-0.1, -0.05) is 33.6 Å². The van der Waals surface area contributed by atoms with E-state index in [-0.39, 0.29) is 0 Å². The predicted molar refractivity (Wildman–Crippen MR) is 75.9 cm³/mol. The van der Waals surface area contributed by atoms with E-state index in [0.29, 0.717) is 5.41 Å². The second kappa shape index (κ2) is 7.07. The quantitative estimate of drug-likeness (QED) is 0.561. The molecule has 0 aliphatic heterocycles. The van der Waals surface area contributed by atoms with Crippen LogP contribution in [0, 0.1) is 23.7 Å². The highest BCUT2D eigenvalue weighted by atomic mass is 14.9. The van der Waals surface area contributed by atoms with Gasteiger partial charge in [0.15, 0.2) is 0 Å². The molecule has 1 rings (SSSR count). The molecule has 0 aromatic carbocycles. The molecule has 0 aromatic rings. The van der Waals surface area contributed by atoms with Crippen molar-refractivity contribution in [1.82, 2.24) is 5.32 Å². The first-order valence-electron chi connectivity index (χ1n) is 7.22. The van der Waals surface area contributed by atoms with Crippen molar-refractivity contribution in [2.24, 2.45) is 11.3 Å². The molecule has 0 bridgehead atoms. The topological polar surface area (TPSA) is 12.0 Å². The molecule has 1 saturated carbocycles. The number of hydrogen-bond acceptors (Lipinski definition) is 1. The summed E-state index contributed by atoms with van der Waals surface area (Å²) in [4.78, 5) is 0. The van der Waals surface area contributed by atoms with Gasteiger partial charge in [0, 0.05) is 12.5 Å². The Morgan fingerprint density at radius 2 is 1.88 bits per heavy atom. The third-order valence-electron chi connectivity index (χ3n) is 4.03. The number of rotatable bonds is 5. The van der Waals surface area contributed by atoms with Crippen LogP contribution in [0.3, 0.4) is 0 Å². The first-order chi connectivity index (χ1) is 8.05. The summed E-state index contributed by atoms with van der Waals surface area (Å²) in [6.45, 7) is 8.29. The van der Waals surface area contributed by atoms with Crippen molar-refractivity contribution in [3.63, 3.8) is 0 Å². The van der Waals surface area contributed by atoms with Gasteiger partial charge in [-0.25, -0.2) is 0 Å². The fraction of sp³-hybridized carbons (Fsp3) is 0.875. The van der Waals surface area contributed by atoms with E-state index in [1.165, 1.54) is 32.1 Å². The highest BCUT2D eigenvalue weighted by Gasteiger charge is 2.33. The van der Waals surface area contributed by atoms with Gasteiger partial charge < -0.3 is 5.32 Å². The van der Waals surface area contributed by atoms with E-state index in [1.807, 2.05) is 0 Å². The van der Waals surface area contributed by atoms with Gasteiger partial charge in [-0.2, -0.15) is 0 Å². The van der Waals surface area contributed by atoms with Crippen molar-refractivity contribution < 1.29 is 0 Å². The lowest BCUT2D eigenvalue weighted by Crippen LogP contribution is -2.44. The largest absolute Gasteiger partial charge is 0.314 e. The van der Waals surface area contributed by atoms with E-state index in [1.54, 1.807) is 0 Å². The lowest BCUT2D eigenvalue weighted by atomic mass is 9.69. The first-order valence-corrected chi connectivity index (χ1v) is 7.22. The molecule has 1 heteroatoms. The van der Waals surface area contributed by atoms with Crippen molar-refractivity contribution in [2.45, 2.75) is 71.8 Å². The normalized spacial score (nSPS) is 25.5. The molecule has 2 unspecified atom stereocenters. The number of terminal acetylenes is 1. The minimum atomic E-state index is 0.441. The van der Waals surface area contributed by atoms with E-state index in [4.69, 9.17) is 6.42 Å². The molecule has 1 aliphatic carbocycles. The number of nitrogens with one attached hydrogen (secondary N) is 1. The van der Waals surface area contributed by atoms with Gasteiger partial charge in [-0.3, -0.25) is 0 Å². The molecule has 98 valence electrons. The van der Waals surface area contributed by atoms with Crippen LogP contribution in [0.5, 0.6) is 0 Å². The summed E-state index contributed by atoms with van der Waals surface area (Å²) in [5.41, 5.74) is 0.441. The Labute approximate surface area is 108 Å². The second-order valence-corrected chi connectivity index (χ2v) is 6.48. The van der Waals surface area contributed by atoms with Crippen molar-refractivity contribution in [1.29, 1.82) is 0 Å². The lowest BCUT2D eigenvalue weighted by Gasteiger charge is -2.41. The van der Waals surface area contributed by atoms with E-state index < -0.39 is 0 Å². The molecule has 0 heterocycles. The third kappa shape index (κ3) is 5.13. The summed E-state index contributed by atoms with van der Waals surface area (Å²) < 4.78 is 0. The van der Waals surface area contributed by atoms with Crippen molar-refractivity contribution in [3.05, 3.63) is 0 Å². The summed E-state index contributed by atoms with van der Waals surface area (Å²) in [5.74, 6) is 3.55. The zero-order valence-electron chi connectivity index (χ0n) is 11.9. The Bertz CT molecular complexity index is 243. The average molecular weight is 235 g/mol. The van der Waals surface area contributed by atoms with Gasteiger partial charge in [0.05, 0.1) is 0 Å². The summed E-state index contributed by atoms with van der Waals surface area (Å²) >= 11 is 0. The van der Waals surface area contributed by atoms with Gasteiger partial charge in [-0.05, 0) is 43.6 Å². The molecule has 1 nitrogen and oxygen atoms in total. The number of unbranched alkanes of at least 4 members (excludes halogenated alkanes) is 2. The maximum absolute atomic E-state index is 5.26. The summed E-state index contributed by atoms with van der Waals surface area (Å²) in [6, 6.07) is 0.731. The van der Waals surface area contributed by atoms with Crippen molar-refractivity contribution in [3.8, 4) is 12.3 Å². The van der Waals surface area contributed by atoms with Gasteiger partial charge in [0.1, 0.15) is 0 Å². The molecular formula is C16H29N. The van der Waals surface area contributed by atoms with Crippen molar-refractivity contribution in [2.75, 3.05) is 6.54 Å². The maximum atomic E-state index is 5.26. The van der Waals surface area contributed by atoms with Crippen LogP contribution in [0.1, 0.15) is 65.7 Å². The zero-order valence-corrected chi connectivity index (χ0v) is 11.9. The van der Waals surface area contributed by atoms with Crippen LogP contribution < -0.4 is 5.32 Å². The Kier molecular flexibility index (Phi) is 6.06. The minimum absolute atomic E-state index is 0.441. The Balaban J connectivity index is 2.31. The second-order valence-electron chi connectivity index (χ2n) is 6.48. The van der Waals surface area contributed by atoms with Gasteiger partial charge in [0.25, 0.3) is 0 Å². The van der Waals surface area contributed by atoms with Crippen LogP contribution in [0.15, 0.2) is 0 Å². The Hall–Kier alpha value is -0.480. The van der Waals surface area contributed by atoms with Gasteiger partial charge in [0.2, 0.25) is 0 Å². The Morgan fingerprint density at radius 3 is 2.53 bits per heavy atom. The molecule has 1 N–H and O–H groups in total. The van der Waals surface area contributed by atoms with Gasteiger partial charge in [-0.15, -0.1) is 12.3 Å². The molecular weight excluding hydrogens is 206 g/mol.